The third-order valence-electron chi connectivity index (χ3n) is 6.56. The summed E-state index contributed by atoms with van der Waals surface area (Å²) in [6.45, 7) is 5.10. The Balaban J connectivity index is 1.65. The van der Waals surface area contributed by atoms with Crippen LogP contribution in [0.15, 0.2) is 22.0 Å². The van der Waals surface area contributed by atoms with Crippen LogP contribution in [-0.2, 0) is 4.79 Å². The molecule has 0 atom stereocenters. The van der Waals surface area contributed by atoms with Gasteiger partial charge in [-0.25, -0.2) is 0 Å². The van der Waals surface area contributed by atoms with Crippen molar-refractivity contribution >= 4 is 51.5 Å². The third-order valence-corrected chi connectivity index (χ3v) is 8.36. The molecule has 1 aliphatic heterocycles. The number of thioether (sulfide) groups is 1. The summed E-state index contributed by atoms with van der Waals surface area (Å²) in [5.41, 5.74) is 0.963. The van der Waals surface area contributed by atoms with Gasteiger partial charge in [0.25, 0.3) is 5.91 Å². The predicted molar refractivity (Wildman–Crippen MR) is 145 cm³/mol. The van der Waals surface area contributed by atoms with Crippen LogP contribution in [0.4, 0.5) is 0 Å². The highest BCUT2D eigenvalue weighted by molar-refractivity contribution is 14.1. The normalized spacial score (nSPS) is 23.0. The second-order valence-corrected chi connectivity index (χ2v) is 11.1. The van der Waals surface area contributed by atoms with Crippen molar-refractivity contribution in [2.45, 2.75) is 90.1 Å². The zero-order valence-corrected chi connectivity index (χ0v) is 22.8. The van der Waals surface area contributed by atoms with Crippen molar-refractivity contribution in [2.75, 3.05) is 13.2 Å². The Morgan fingerprint density at radius 2 is 1.70 bits per heavy atom. The number of amides is 1. The van der Waals surface area contributed by atoms with Crippen LogP contribution in [0.3, 0.4) is 0 Å². The Bertz CT molecular complexity index is 905. The quantitative estimate of drug-likeness (QED) is 0.256. The van der Waals surface area contributed by atoms with E-state index in [0.29, 0.717) is 19.3 Å². The molecule has 0 N–H and O–H groups in total. The van der Waals surface area contributed by atoms with Gasteiger partial charge in [0.05, 0.1) is 27.7 Å². The smallest absolute Gasteiger partial charge is 0.266 e. The average molecular weight is 583 g/mol. The summed E-state index contributed by atoms with van der Waals surface area (Å²) in [5.74, 6) is 1.62. The van der Waals surface area contributed by atoms with Gasteiger partial charge < -0.3 is 9.47 Å². The van der Waals surface area contributed by atoms with Gasteiger partial charge in [-0.05, 0) is 97.7 Å². The molecule has 3 fully saturated rings. The second kappa shape index (κ2) is 12.0. The predicted octanol–water partition coefficient (Wildman–Crippen LogP) is 7.03. The highest BCUT2D eigenvalue weighted by Gasteiger charge is 2.39. The van der Waals surface area contributed by atoms with E-state index in [1.54, 1.807) is 11.8 Å². The van der Waals surface area contributed by atoms with Gasteiger partial charge in [0.15, 0.2) is 16.7 Å². The van der Waals surface area contributed by atoms with Gasteiger partial charge in [-0.1, -0.05) is 38.5 Å². The molecule has 2 saturated carbocycles. The topological polar surface area (TPSA) is 51.1 Å². The van der Waals surface area contributed by atoms with E-state index in [2.05, 4.69) is 28.7 Å². The number of halogens is 1. The lowest BCUT2D eigenvalue weighted by Crippen LogP contribution is -2.41. The van der Waals surface area contributed by atoms with Crippen molar-refractivity contribution < 1.29 is 14.3 Å². The Hall–Kier alpha value is -1.22. The molecule has 3 aliphatic rings. The number of hydrogen-bond acceptors (Lipinski definition) is 5. The molecule has 33 heavy (non-hydrogen) atoms. The van der Waals surface area contributed by atoms with Crippen molar-refractivity contribution in [3.05, 3.63) is 26.2 Å². The van der Waals surface area contributed by atoms with Gasteiger partial charge in [-0.15, -0.1) is 0 Å². The number of carbonyl (C=O) groups is 1. The molecule has 180 valence electrons. The number of hydrogen-bond donors (Lipinski definition) is 0. The second-order valence-electron chi connectivity index (χ2n) is 8.98. The van der Waals surface area contributed by atoms with E-state index in [-0.39, 0.29) is 11.9 Å². The van der Waals surface area contributed by atoms with Crippen LogP contribution in [-0.4, -0.2) is 41.3 Å². The summed E-state index contributed by atoms with van der Waals surface area (Å²) in [4.78, 5) is 21.6. The maximum atomic E-state index is 13.6. The first-order valence-corrected chi connectivity index (χ1v) is 14.4. The van der Waals surface area contributed by atoms with Crippen molar-refractivity contribution in [1.82, 2.24) is 4.90 Å². The van der Waals surface area contributed by atoms with Crippen LogP contribution in [0.1, 0.15) is 83.6 Å². The molecule has 1 aromatic rings. The van der Waals surface area contributed by atoms with E-state index in [9.17, 15) is 4.79 Å². The summed E-state index contributed by atoms with van der Waals surface area (Å²) in [7, 11) is 0. The lowest BCUT2D eigenvalue weighted by molar-refractivity contribution is -0.124. The molecule has 1 heterocycles. The van der Waals surface area contributed by atoms with E-state index in [4.69, 9.17) is 14.5 Å². The molecule has 1 amide bonds. The zero-order valence-electron chi connectivity index (χ0n) is 19.8. The van der Waals surface area contributed by atoms with Gasteiger partial charge in [-0.3, -0.25) is 14.7 Å². The highest BCUT2D eigenvalue weighted by atomic mass is 127. The molecule has 0 bridgehead atoms. The fourth-order valence-electron chi connectivity index (χ4n) is 4.97. The molecule has 0 unspecified atom stereocenters. The van der Waals surface area contributed by atoms with Crippen LogP contribution >= 0.6 is 34.4 Å². The molecule has 7 heteroatoms. The molecule has 0 spiro atoms. The van der Waals surface area contributed by atoms with Crippen LogP contribution in [0.5, 0.6) is 11.5 Å². The van der Waals surface area contributed by atoms with Crippen molar-refractivity contribution in [1.29, 1.82) is 0 Å². The summed E-state index contributed by atoms with van der Waals surface area (Å²) in [6, 6.07) is 4.69. The number of amidine groups is 1. The summed E-state index contributed by atoms with van der Waals surface area (Å²) < 4.78 is 12.7. The van der Waals surface area contributed by atoms with Gasteiger partial charge in [-0.2, -0.15) is 0 Å². The van der Waals surface area contributed by atoms with E-state index in [1.807, 2.05) is 30.9 Å². The van der Waals surface area contributed by atoms with E-state index in [1.165, 1.54) is 38.5 Å². The summed E-state index contributed by atoms with van der Waals surface area (Å²) in [5, 5.41) is 0.927. The third kappa shape index (κ3) is 6.08. The molecule has 0 aromatic heterocycles. The lowest BCUT2D eigenvalue weighted by atomic mass is 9.94. The van der Waals surface area contributed by atoms with Gasteiger partial charge in [0, 0.05) is 6.04 Å². The monoisotopic (exact) mass is 582 g/mol. The van der Waals surface area contributed by atoms with Gasteiger partial charge in [0.1, 0.15) is 0 Å². The summed E-state index contributed by atoms with van der Waals surface area (Å²) >= 11 is 3.85. The first-order valence-electron chi connectivity index (χ1n) is 12.5. The highest BCUT2D eigenvalue weighted by Crippen LogP contribution is 2.40. The van der Waals surface area contributed by atoms with Gasteiger partial charge in [0.2, 0.25) is 0 Å². The number of ether oxygens (including phenoxy) is 2. The number of nitrogens with zero attached hydrogens (tertiary/aromatic N) is 2. The Labute approximate surface area is 215 Å². The van der Waals surface area contributed by atoms with E-state index < -0.39 is 0 Å². The molecular weight excluding hydrogens is 547 g/mol. The van der Waals surface area contributed by atoms with Crippen molar-refractivity contribution in [3.63, 3.8) is 0 Å². The number of carbonyl (C=O) groups excluding carboxylic acids is 1. The van der Waals surface area contributed by atoms with Crippen LogP contribution in [0, 0.1) is 3.57 Å². The fourth-order valence-corrected chi connectivity index (χ4v) is 6.86. The molecular formula is C26H35IN2O3S. The van der Waals surface area contributed by atoms with E-state index >= 15 is 0 Å². The number of benzene rings is 1. The molecule has 5 nitrogen and oxygen atoms in total. The fraction of sp³-hybridized carbons (Fsp3) is 0.615. The van der Waals surface area contributed by atoms with Crippen molar-refractivity contribution in [2.24, 2.45) is 4.99 Å². The molecule has 4 rings (SSSR count). The molecule has 1 aromatic carbocycles. The lowest BCUT2D eigenvalue weighted by Gasteiger charge is -2.31. The van der Waals surface area contributed by atoms with Crippen LogP contribution in [0.25, 0.3) is 6.08 Å². The molecule has 1 saturated heterocycles. The first kappa shape index (κ1) is 24.9. The minimum absolute atomic E-state index is 0.114. The zero-order chi connectivity index (χ0) is 23.2. The van der Waals surface area contributed by atoms with Crippen LogP contribution < -0.4 is 9.47 Å². The minimum Gasteiger partial charge on any atom is -0.490 e. The molecule has 2 aliphatic carbocycles. The maximum absolute atomic E-state index is 13.6. The minimum atomic E-state index is 0.114. The number of aliphatic imine (C=N–C) groups is 1. The Kier molecular flexibility index (Phi) is 9.02. The Morgan fingerprint density at radius 3 is 2.36 bits per heavy atom. The van der Waals surface area contributed by atoms with Crippen molar-refractivity contribution in [3.8, 4) is 11.5 Å². The Morgan fingerprint density at radius 1 is 1.03 bits per heavy atom. The van der Waals surface area contributed by atoms with Crippen LogP contribution in [0.2, 0.25) is 0 Å². The molecule has 0 radical (unpaired) electrons. The average Bonchev–Trinajstić information content (AvgIpc) is 3.12. The van der Waals surface area contributed by atoms with E-state index in [0.717, 1.165) is 56.4 Å². The standard InChI is InChI=1S/C26H35IN2O3S/c1-3-31-22-16-18(15-21(27)24(22)32-4-2)17-23-25(30)29(20-13-9-6-10-14-20)26(33-23)28-19-11-7-5-8-12-19/h15-17,19-20H,3-14H2,1-2H3. The number of rotatable bonds is 7. The summed E-state index contributed by atoms with van der Waals surface area (Å²) in [6.07, 6.45) is 13.9. The maximum Gasteiger partial charge on any atom is 0.266 e. The van der Waals surface area contributed by atoms with Gasteiger partial charge >= 0.3 is 0 Å². The first-order chi connectivity index (χ1) is 16.1. The SMILES string of the molecule is CCOc1cc(C=C2SC(=NC3CCCCC3)N(C3CCCCC3)C2=O)cc(I)c1OCC. The largest absolute Gasteiger partial charge is 0.490 e.